The van der Waals surface area contributed by atoms with Crippen molar-refractivity contribution in [3.8, 4) is 6.07 Å². The number of carbonyl (C=O) groups excluding carboxylic acids is 1. The highest BCUT2D eigenvalue weighted by Crippen LogP contribution is 2.19. The van der Waals surface area contributed by atoms with Gasteiger partial charge in [0.1, 0.15) is 11.6 Å². The van der Waals surface area contributed by atoms with Crippen LogP contribution in [0.2, 0.25) is 0 Å². The van der Waals surface area contributed by atoms with Crippen molar-refractivity contribution in [3.05, 3.63) is 23.8 Å². The van der Waals surface area contributed by atoms with Crippen LogP contribution in [0.3, 0.4) is 0 Å². The standard InChI is InChI=1S/C12H17NO2/c1-5-7-9(3)10(4)11(8-13)12(14)15-6-2/h5,9H,1,6-7H2,2-4H3/b11-10+. The molecule has 0 aliphatic rings. The van der Waals surface area contributed by atoms with Gasteiger partial charge in [0.15, 0.2) is 0 Å². The topological polar surface area (TPSA) is 50.1 Å². The van der Waals surface area contributed by atoms with Crippen LogP contribution in [-0.2, 0) is 9.53 Å². The molecule has 0 radical (unpaired) electrons. The fourth-order valence-corrected chi connectivity index (χ4v) is 1.17. The monoisotopic (exact) mass is 207 g/mol. The highest BCUT2D eigenvalue weighted by atomic mass is 16.5. The lowest BCUT2D eigenvalue weighted by molar-refractivity contribution is -0.138. The number of hydrogen-bond acceptors (Lipinski definition) is 3. The van der Waals surface area contributed by atoms with Gasteiger partial charge in [-0.3, -0.25) is 0 Å². The SMILES string of the molecule is C=CCC(C)/C(C)=C(\C#N)C(=O)OCC. The molecule has 0 bridgehead atoms. The second kappa shape index (κ2) is 6.83. The van der Waals surface area contributed by atoms with Crippen LogP contribution in [0, 0.1) is 17.2 Å². The van der Waals surface area contributed by atoms with Gasteiger partial charge in [0.25, 0.3) is 0 Å². The van der Waals surface area contributed by atoms with Crippen LogP contribution in [0.4, 0.5) is 0 Å². The lowest BCUT2D eigenvalue weighted by atomic mass is 9.95. The summed E-state index contributed by atoms with van der Waals surface area (Å²) in [5.74, 6) is -0.394. The summed E-state index contributed by atoms with van der Waals surface area (Å²) in [6, 6.07) is 1.90. The van der Waals surface area contributed by atoms with Crippen molar-refractivity contribution in [2.75, 3.05) is 6.61 Å². The van der Waals surface area contributed by atoms with E-state index in [0.29, 0.717) is 0 Å². The number of allylic oxidation sites excluding steroid dienone is 2. The predicted molar refractivity (Wildman–Crippen MR) is 58.9 cm³/mol. The molecule has 15 heavy (non-hydrogen) atoms. The third kappa shape index (κ3) is 3.99. The largest absolute Gasteiger partial charge is 0.462 e. The van der Waals surface area contributed by atoms with Crippen molar-refractivity contribution in [3.63, 3.8) is 0 Å². The summed E-state index contributed by atoms with van der Waals surface area (Å²) in [5.41, 5.74) is 0.877. The molecular formula is C12H17NO2. The summed E-state index contributed by atoms with van der Waals surface area (Å²) in [5, 5.41) is 8.88. The van der Waals surface area contributed by atoms with Crippen LogP contribution < -0.4 is 0 Å². The summed E-state index contributed by atoms with van der Waals surface area (Å²) in [4.78, 5) is 11.4. The zero-order valence-electron chi connectivity index (χ0n) is 9.54. The molecule has 0 saturated heterocycles. The lowest BCUT2D eigenvalue weighted by Crippen LogP contribution is -2.11. The van der Waals surface area contributed by atoms with E-state index in [1.165, 1.54) is 0 Å². The third-order valence-corrected chi connectivity index (χ3v) is 2.25. The Morgan fingerprint density at radius 3 is 2.67 bits per heavy atom. The van der Waals surface area contributed by atoms with Gasteiger partial charge < -0.3 is 4.74 Å². The second-order valence-corrected chi connectivity index (χ2v) is 3.32. The molecule has 1 unspecified atom stereocenters. The Morgan fingerprint density at radius 1 is 1.67 bits per heavy atom. The number of ether oxygens (including phenoxy) is 1. The first-order valence-corrected chi connectivity index (χ1v) is 4.97. The highest BCUT2D eigenvalue weighted by Gasteiger charge is 2.16. The van der Waals surface area contributed by atoms with E-state index in [0.717, 1.165) is 12.0 Å². The zero-order chi connectivity index (χ0) is 11.8. The number of esters is 1. The molecule has 0 heterocycles. The maximum atomic E-state index is 11.4. The quantitative estimate of drug-likeness (QED) is 0.301. The fourth-order valence-electron chi connectivity index (χ4n) is 1.17. The third-order valence-electron chi connectivity index (χ3n) is 2.25. The van der Waals surface area contributed by atoms with E-state index in [4.69, 9.17) is 10.00 Å². The molecular weight excluding hydrogens is 190 g/mol. The van der Waals surface area contributed by atoms with Gasteiger partial charge in [-0.1, -0.05) is 13.0 Å². The van der Waals surface area contributed by atoms with Crippen LogP contribution in [-0.4, -0.2) is 12.6 Å². The Kier molecular flexibility index (Phi) is 6.12. The lowest BCUT2D eigenvalue weighted by Gasteiger charge is -2.11. The van der Waals surface area contributed by atoms with Crippen molar-refractivity contribution < 1.29 is 9.53 Å². The maximum absolute atomic E-state index is 11.4. The van der Waals surface area contributed by atoms with Gasteiger partial charge in [-0.2, -0.15) is 5.26 Å². The van der Waals surface area contributed by atoms with E-state index >= 15 is 0 Å². The number of nitrogens with zero attached hydrogens (tertiary/aromatic N) is 1. The minimum Gasteiger partial charge on any atom is -0.462 e. The molecule has 0 aromatic heterocycles. The van der Waals surface area contributed by atoms with E-state index in [-0.39, 0.29) is 18.1 Å². The van der Waals surface area contributed by atoms with E-state index in [1.807, 2.05) is 13.0 Å². The molecule has 0 aromatic rings. The molecule has 0 rings (SSSR count). The Hall–Kier alpha value is -1.56. The Labute approximate surface area is 91.0 Å². The molecule has 0 fully saturated rings. The molecule has 1 atom stereocenters. The van der Waals surface area contributed by atoms with Gasteiger partial charge in [0.2, 0.25) is 0 Å². The van der Waals surface area contributed by atoms with E-state index in [2.05, 4.69) is 6.58 Å². The van der Waals surface area contributed by atoms with Crippen LogP contribution in [0.5, 0.6) is 0 Å². The van der Waals surface area contributed by atoms with Crippen molar-refractivity contribution in [2.45, 2.75) is 27.2 Å². The second-order valence-electron chi connectivity index (χ2n) is 3.32. The van der Waals surface area contributed by atoms with Crippen molar-refractivity contribution in [1.82, 2.24) is 0 Å². The summed E-state index contributed by atoms with van der Waals surface area (Å²) in [6.07, 6.45) is 2.52. The molecule has 3 nitrogen and oxygen atoms in total. The maximum Gasteiger partial charge on any atom is 0.348 e. The zero-order valence-corrected chi connectivity index (χ0v) is 9.54. The molecule has 0 N–H and O–H groups in total. The van der Waals surface area contributed by atoms with Crippen molar-refractivity contribution in [1.29, 1.82) is 5.26 Å². The van der Waals surface area contributed by atoms with Crippen LogP contribution >= 0.6 is 0 Å². The Bertz CT molecular complexity index is 310. The number of carbonyl (C=O) groups is 1. The first-order chi connectivity index (χ1) is 7.08. The smallest absolute Gasteiger partial charge is 0.348 e. The van der Waals surface area contributed by atoms with Crippen molar-refractivity contribution in [2.24, 2.45) is 5.92 Å². The number of nitriles is 1. The van der Waals surface area contributed by atoms with E-state index in [9.17, 15) is 4.79 Å². The minimum atomic E-state index is -0.534. The average Bonchev–Trinajstić information content (AvgIpc) is 2.19. The average molecular weight is 207 g/mol. The van der Waals surface area contributed by atoms with Gasteiger partial charge in [0, 0.05) is 0 Å². The molecule has 0 aliphatic carbocycles. The van der Waals surface area contributed by atoms with Crippen LogP contribution in [0.25, 0.3) is 0 Å². The van der Waals surface area contributed by atoms with E-state index in [1.54, 1.807) is 19.9 Å². The van der Waals surface area contributed by atoms with Gasteiger partial charge in [-0.25, -0.2) is 4.79 Å². The normalized spacial score (nSPS) is 13.5. The van der Waals surface area contributed by atoms with Gasteiger partial charge in [0.05, 0.1) is 6.61 Å². The molecule has 0 aromatic carbocycles. The number of rotatable bonds is 5. The molecule has 0 amide bonds. The van der Waals surface area contributed by atoms with Gasteiger partial charge >= 0.3 is 5.97 Å². The van der Waals surface area contributed by atoms with Gasteiger partial charge in [-0.15, -0.1) is 6.58 Å². The summed E-state index contributed by atoms with van der Waals surface area (Å²) < 4.78 is 4.80. The Balaban J connectivity index is 4.90. The van der Waals surface area contributed by atoms with Gasteiger partial charge in [-0.05, 0) is 31.8 Å². The fraction of sp³-hybridized carbons (Fsp3) is 0.500. The summed E-state index contributed by atoms with van der Waals surface area (Å²) >= 11 is 0. The molecule has 0 spiro atoms. The minimum absolute atomic E-state index is 0.117. The molecule has 3 heteroatoms. The van der Waals surface area contributed by atoms with E-state index < -0.39 is 5.97 Å². The van der Waals surface area contributed by atoms with Crippen LogP contribution in [0.1, 0.15) is 27.2 Å². The molecule has 0 aliphatic heterocycles. The Morgan fingerprint density at radius 2 is 2.27 bits per heavy atom. The molecule has 82 valence electrons. The number of hydrogen-bond donors (Lipinski definition) is 0. The van der Waals surface area contributed by atoms with Crippen LogP contribution in [0.15, 0.2) is 23.8 Å². The summed E-state index contributed by atoms with van der Waals surface area (Å²) in [6.45, 7) is 9.36. The summed E-state index contributed by atoms with van der Waals surface area (Å²) in [7, 11) is 0. The highest BCUT2D eigenvalue weighted by molar-refractivity contribution is 5.93. The first kappa shape index (κ1) is 13.4. The van der Waals surface area contributed by atoms with Crippen molar-refractivity contribution >= 4 is 5.97 Å². The first-order valence-electron chi connectivity index (χ1n) is 4.97. The predicted octanol–water partition coefficient (Wildman–Crippen LogP) is 2.60. The molecule has 0 saturated carbocycles.